The maximum atomic E-state index is 12.0. The Morgan fingerprint density at radius 3 is 2.95 bits per heavy atom. The minimum atomic E-state index is 0.116. The summed E-state index contributed by atoms with van der Waals surface area (Å²) in [6, 6.07) is 1.64. The lowest BCUT2D eigenvalue weighted by molar-refractivity contribution is -0.134. The van der Waals surface area contributed by atoms with Crippen LogP contribution in [-0.4, -0.2) is 60.7 Å². The van der Waals surface area contributed by atoms with Crippen molar-refractivity contribution < 1.29 is 14.3 Å². The van der Waals surface area contributed by atoms with Gasteiger partial charge in [-0.3, -0.25) is 4.79 Å². The van der Waals surface area contributed by atoms with Gasteiger partial charge in [0, 0.05) is 39.2 Å². The van der Waals surface area contributed by atoms with Gasteiger partial charge in [0.15, 0.2) is 5.82 Å². The van der Waals surface area contributed by atoms with Gasteiger partial charge >= 0.3 is 0 Å². The fraction of sp³-hybridized carbons (Fsp3) is 0.615. The number of hydrogen-bond donors (Lipinski definition) is 2. The van der Waals surface area contributed by atoms with Gasteiger partial charge in [-0.15, -0.1) is 0 Å². The first kappa shape index (κ1) is 15.5. The van der Waals surface area contributed by atoms with Crippen molar-refractivity contribution in [3.05, 3.63) is 11.9 Å². The number of hydrogen-bond acceptors (Lipinski definition) is 7. The highest BCUT2D eigenvalue weighted by Crippen LogP contribution is 2.09. The Bertz CT molecular complexity index is 477. The number of nitrogens with one attached hydrogen (secondary N) is 1. The first-order valence-corrected chi connectivity index (χ1v) is 6.91. The van der Waals surface area contributed by atoms with E-state index in [1.807, 2.05) is 4.90 Å². The van der Waals surface area contributed by atoms with Crippen LogP contribution in [0.2, 0.25) is 0 Å². The van der Waals surface area contributed by atoms with Crippen LogP contribution in [-0.2, 0) is 20.9 Å². The van der Waals surface area contributed by atoms with Gasteiger partial charge in [-0.25, -0.2) is 9.97 Å². The van der Waals surface area contributed by atoms with Crippen LogP contribution in [0.4, 0.5) is 11.6 Å². The molecule has 0 spiro atoms. The second-order valence-corrected chi connectivity index (χ2v) is 4.70. The molecule has 116 valence electrons. The molecule has 21 heavy (non-hydrogen) atoms. The Morgan fingerprint density at radius 2 is 2.24 bits per heavy atom. The fourth-order valence-electron chi connectivity index (χ4n) is 2.07. The van der Waals surface area contributed by atoms with Crippen LogP contribution < -0.4 is 11.1 Å². The van der Waals surface area contributed by atoms with Gasteiger partial charge in [-0.05, 0) is 0 Å². The van der Waals surface area contributed by atoms with E-state index in [-0.39, 0.29) is 5.91 Å². The molecule has 3 N–H and O–H groups in total. The molecule has 0 atom stereocenters. The SMILES string of the molecule is COCc1nc(N)cc(NCCC(=O)N2CCOCC2)n1. The summed E-state index contributed by atoms with van der Waals surface area (Å²) in [5.74, 6) is 1.60. The highest BCUT2D eigenvalue weighted by atomic mass is 16.5. The zero-order valence-electron chi connectivity index (χ0n) is 12.2. The van der Waals surface area contributed by atoms with Crippen molar-refractivity contribution in [2.24, 2.45) is 0 Å². The van der Waals surface area contributed by atoms with E-state index in [9.17, 15) is 4.79 Å². The normalized spacial score (nSPS) is 15.0. The average Bonchev–Trinajstić information content (AvgIpc) is 2.48. The Labute approximate surface area is 123 Å². The average molecular weight is 295 g/mol. The molecule has 0 bridgehead atoms. The number of morpholine rings is 1. The number of carbonyl (C=O) groups is 1. The van der Waals surface area contributed by atoms with Crippen LogP contribution in [0, 0.1) is 0 Å². The summed E-state index contributed by atoms with van der Waals surface area (Å²) in [5, 5.41) is 3.09. The summed E-state index contributed by atoms with van der Waals surface area (Å²) >= 11 is 0. The van der Waals surface area contributed by atoms with E-state index in [4.69, 9.17) is 15.2 Å². The first-order chi connectivity index (χ1) is 10.2. The number of aromatic nitrogens is 2. The van der Waals surface area contributed by atoms with Crippen molar-refractivity contribution in [1.29, 1.82) is 0 Å². The zero-order valence-corrected chi connectivity index (χ0v) is 12.2. The number of amides is 1. The molecule has 1 fully saturated rings. The monoisotopic (exact) mass is 295 g/mol. The highest BCUT2D eigenvalue weighted by molar-refractivity contribution is 5.76. The Hall–Kier alpha value is -1.93. The zero-order chi connectivity index (χ0) is 15.1. The minimum Gasteiger partial charge on any atom is -0.384 e. The predicted octanol–water partition coefficient (Wildman–Crippen LogP) is -0.134. The second kappa shape index (κ2) is 7.75. The lowest BCUT2D eigenvalue weighted by atomic mass is 10.3. The Kier molecular flexibility index (Phi) is 5.70. The van der Waals surface area contributed by atoms with Crippen molar-refractivity contribution in [3.8, 4) is 0 Å². The number of ether oxygens (including phenoxy) is 2. The van der Waals surface area contributed by atoms with Gasteiger partial charge < -0.3 is 25.4 Å². The van der Waals surface area contributed by atoms with Crippen molar-refractivity contribution >= 4 is 17.5 Å². The van der Waals surface area contributed by atoms with E-state index >= 15 is 0 Å². The van der Waals surface area contributed by atoms with E-state index < -0.39 is 0 Å². The molecule has 0 saturated carbocycles. The van der Waals surface area contributed by atoms with Crippen molar-refractivity contribution in [2.45, 2.75) is 13.0 Å². The molecule has 8 nitrogen and oxygen atoms in total. The quantitative estimate of drug-likeness (QED) is 0.753. The summed E-state index contributed by atoms with van der Waals surface area (Å²) in [7, 11) is 1.57. The summed E-state index contributed by atoms with van der Waals surface area (Å²) in [6.07, 6.45) is 0.406. The lowest BCUT2D eigenvalue weighted by Gasteiger charge is -2.26. The minimum absolute atomic E-state index is 0.116. The van der Waals surface area contributed by atoms with Gasteiger partial charge in [0.25, 0.3) is 0 Å². The molecular formula is C13H21N5O3. The molecule has 0 unspecified atom stereocenters. The van der Waals surface area contributed by atoms with Gasteiger partial charge in [0.05, 0.1) is 13.2 Å². The van der Waals surface area contributed by atoms with Gasteiger partial charge in [-0.1, -0.05) is 0 Å². The molecule has 0 radical (unpaired) electrons. The van der Waals surface area contributed by atoms with E-state index in [0.717, 1.165) is 0 Å². The third-order valence-electron chi connectivity index (χ3n) is 3.07. The number of anilines is 2. The summed E-state index contributed by atoms with van der Waals surface area (Å²) in [5.41, 5.74) is 5.70. The van der Waals surface area contributed by atoms with E-state index in [2.05, 4.69) is 15.3 Å². The molecule has 1 amide bonds. The molecule has 2 rings (SSSR count). The van der Waals surface area contributed by atoms with Gasteiger partial charge in [-0.2, -0.15) is 0 Å². The van der Waals surface area contributed by atoms with Crippen LogP contribution in [0.3, 0.4) is 0 Å². The Balaban J connectivity index is 1.81. The van der Waals surface area contributed by atoms with Crippen LogP contribution in [0.25, 0.3) is 0 Å². The topological polar surface area (TPSA) is 103 Å². The first-order valence-electron chi connectivity index (χ1n) is 6.91. The van der Waals surface area contributed by atoms with Gasteiger partial charge in [0.1, 0.15) is 18.2 Å². The smallest absolute Gasteiger partial charge is 0.224 e. The number of nitrogens with two attached hydrogens (primary N) is 1. The third kappa shape index (κ3) is 4.83. The molecule has 1 aliphatic heterocycles. The predicted molar refractivity (Wildman–Crippen MR) is 77.7 cm³/mol. The number of nitrogen functional groups attached to an aromatic ring is 1. The fourth-order valence-corrected chi connectivity index (χ4v) is 2.07. The molecule has 1 aromatic heterocycles. The van der Waals surface area contributed by atoms with Crippen LogP contribution in [0.5, 0.6) is 0 Å². The molecule has 8 heteroatoms. The van der Waals surface area contributed by atoms with Crippen molar-refractivity contribution in [3.63, 3.8) is 0 Å². The number of methoxy groups -OCH3 is 1. The van der Waals surface area contributed by atoms with E-state index in [0.29, 0.717) is 63.3 Å². The van der Waals surface area contributed by atoms with Crippen molar-refractivity contribution in [1.82, 2.24) is 14.9 Å². The molecule has 1 aromatic rings. The number of nitrogens with zero attached hydrogens (tertiary/aromatic N) is 3. The molecular weight excluding hydrogens is 274 g/mol. The van der Waals surface area contributed by atoms with Crippen LogP contribution >= 0.6 is 0 Å². The standard InChI is InChI=1S/C13H21N5O3/c1-20-9-12-16-10(14)8-11(17-12)15-3-2-13(19)18-4-6-21-7-5-18/h8H,2-7,9H2,1H3,(H3,14,15,16,17). The summed E-state index contributed by atoms with van der Waals surface area (Å²) in [4.78, 5) is 22.1. The van der Waals surface area contributed by atoms with Gasteiger partial charge in [0.2, 0.25) is 5.91 Å². The van der Waals surface area contributed by atoms with Crippen molar-refractivity contribution in [2.75, 3.05) is 51.0 Å². The van der Waals surface area contributed by atoms with Crippen LogP contribution in [0.1, 0.15) is 12.2 Å². The Morgan fingerprint density at radius 1 is 1.48 bits per heavy atom. The maximum Gasteiger partial charge on any atom is 0.224 e. The number of rotatable bonds is 6. The van der Waals surface area contributed by atoms with E-state index in [1.165, 1.54) is 0 Å². The lowest BCUT2D eigenvalue weighted by Crippen LogP contribution is -2.41. The molecule has 2 heterocycles. The molecule has 1 saturated heterocycles. The van der Waals surface area contributed by atoms with Crippen LogP contribution in [0.15, 0.2) is 6.07 Å². The third-order valence-corrected chi connectivity index (χ3v) is 3.07. The molecule has 1 aliphatic rings. The maximum absolute atomic E-state index is 12.0. The summed E-state index contributed by atoms with van der Waals surface area (Å²) in [6.45, 7) is 3.35. The summed E-state index contributed by atoms with van der Waals surface area (Å²) < 4.78 is 10.2. The second-order valence-electron chi connectivity index (χ2n) is 4.70. The highest BCUT2D eigenvalue weighted by Gasteiger charge is 2.16. The molecule has 0 aromatic carbocycles. The molecule has 0 aliphatic carbocycles. The largest absolute Gasteiger partial charge is 0.384 e. The number of carbonyl (C=O) groups excluding carboxylic acids is 1. The van der Waals surface area contributed by atoms with E-state index in [1.54, 1.807) is 13.2 Å².